The largest absolute Gasteiger partial charge is 0.497 e. The Morgan fingerprint density at radius 1 is 1.17 bits per heavy atom. The molecule has 152 valence electrons. The maximum atomic E-state index is 12.2. The number of amides is 1. The average Bonchev–Trinajstić information content (AvgIpc) is 3.11. The van der Waals surface area contributed by atoms with Crippen molar-refractivity contribution in [3.8, 4) is 5.75 Å². The normalized spacial score (nSPS) is 11.7. The minimum absolute atomic E-state index is 0.0655. The predicted octanol–water partition coefficient (Wildman–Crippen LogP) is 2.58. The second kappa shape index (κ2) is 9.83. The summed E-state index contributed by atoms with van der Waals surface area (Å²) in [6.07, 6.45) is 0. The van der Waals surface area contributed by atoms with Crippen molar-refractivity contribution in [2.45, 2.75) is 24.7 Å². The SMILES string of the molecule is COc1ccc(NCc2nnc(SCC(=O)NC(C)c3ccccc3)n2N)cc1. The van der Waals surface area contributed by atoms with Gasteiger partial charge in [-0.05, 0) is 36.8 Å². The zero-order valence-electron chi connectivity index (χ0n) is 16.3. The van der Waals surface area contributed by atoms with E-state index in [0.29, 0.717) is 17.5 Å². The third-order valence-electron chi connectivity index (χ3n) is 4.29. The van der Waals surface area contributed by atoms with Gasteiger partial charge in [-0.15, -0.1) is 10.2 Å². The van der Waals surface area contributed by atoms with Crippen molar-refractivity contribution in [3.63, 3.8) is 0 Å². The van der Waals surface area contributed by atoms with E-state index in [4.69, 9.17) is 10.6 Å². The first-order valence-electron chi connectivity index (χ1n) is 9.11. The molecule has 2 aromatic carbocycles. The van der Waals surface area contributed by atoms with Crippen molar-refractivity contribution in [1.29, 1.82) is 0 Å². The minimum Gasteiger partial charge on any atom is -0.497 e. The summed E-state index contributed by atoms with van der Waals surface area (Å²) in [5.41, 5.74) is 1.97. The number of ether oxygens (including phenoxy) is 1. The first kappa shape index (κ1) is 20.5. The monoisotopic (exact) mass is 412 g/mol. The second-order valence-electron chi connectivity index (χ2n) is 6.34. The number of methoxy groups -OCH3 is 1. The van der Waals surface area contributed by atoms with E-state index < -0.39 is 0 Å². The predicted molar refractivity (Wildman–Crippen MR) is 114 cm³/mol. The summed E-state index contributed by atoms with van der Waals surface area (Å²) in [6.45, 7) is 2.36. The van der Waals surface area contributed by atoms with Gasteiger partial charge in [-0.25, -0.2) is 4.68 Å². The molecule has 1 aromatic heterocycles. The van der Waals surface area contributed by atoms with Crippen LogP contribution in [0.4, 0.5) is 5.69 Å². The minimum atomic E-state index is -0.0905. The Morgan fingerprint density at radius 2 is 1.90 bits per heavy atom. The zero-order chi connectivity index (χ0) is 20.6. The van der Waals surface area contributed by atoms with Gasteiger partial charge in [-0.1, -0.05) is 42.1 Å². The molecule has 0 spiro atoms. The van der Waals surface area contributed by atoms with E-state index in [-0.39, 0.29) is 17.7 Å². The maximum Gasteiger partial charge on any atom is 0.230 e. The van der Waals surface area contributed by atoms with Gasteiger partial charge in [0.1, 0.15) is 5.75 Å². The van der Waals surface area contributed by atoms with Crippen LogP contribution in [0.1, 0.15) is 24.4 Å². The molecule has 3 rings (SSSR count). The summed E-state index contributed by atoms with van der Waals surface area (Å²) in [7, 11) is 1.63. The number of aromatic nitrogens is 3. The van der Waals surface area contributed by atoms with E-state index in [1.54, 1.807) is 7.11 Å². The lowest BCUT2D eigenvalue weighted by atomic mass is 10.1. The van der Waals surface area contributed by atoms with Crippen LogP contribution in [0.25, 0.3) is 0 Å². The molecule has 0 fully saturated rings. The molecule has 0 saturated heterocycles. The van der Waals surface area contributed by atoms with Crippen LogP contribution in [0.5, 0.6) is 5.75 Å². The summed E-state index contributed by atoms with van der Waals surface area (Å²) in [5, 5.41) is 14.9. The highest BCUT2D eigenvalue weighted by Crippen LogP contribution is 2.18. The highest BCUT2D eigenvalue weighted by molar-refractivity contribution is 7.99. The number of nitrogens with zero attached hydrogens (tertiary/aromatic N) is 3. The first-order chi connectivity index (χ1) is 14.1. The average molecular weight is 413 g/mol. The Morgan fingerprint density at radius 3 is 2.59 bits per heavy atom. The molecule has 0 saturated carbocycles. The van der Waals surface area contributed by atoms with Gasteiger partial charge in [0.05, 0.1) is 25.4 Å². The van der Waals surface area contributed by atoms with Gasteiger partial charge in [-0.2, -0.15) is 0 Å². The third-order valence-corrected chi connectivity index (χ3v) is 5.23. The molecule has 29 heavy (non-hydrogen) atoms. The molecule has 0 aliphatic heterocycles. The number of hydrogen-bond donors (Lipinski definition) is 3. The molecule has 0 aliphatic rings. The van der Waals surface area contributed by atoms with E-state index in [9.17, 15) is 4.79 Å². The molecular weight excluding hydrogens is 388 g/mol. The maximum absolute atomic E-state index is 12.2. The fraction of sp³-hybridized carbons (Fsp3) is 0.250. The number of anilines is 1. The fourth-order valence-corrected chi connectivity index (χ4v) is 3.34. The van der Waals surface area contributed by atoms with Gasteiger partial charge in [0.15, 0.2) is 5.82 Å². The van der Waals surface area contributed by atoms with Crippen LogP contribution >= 0.6 is 11.8 Å². The molecule has 1 amide bonds. The Hall–Kier alpha value is -3.20. The number of hydrogen-bond acceptors (Lipinski definition) is 7. The van der Waals surface area contributed by atoms with Gasteiger partial charge < -0.3 is 21.2 Å². The molecular formula is C20H24N6O2S. The molecule has 0 bridgehead atoms. The third kappa shape index (κ3) is 5.64. The van der Waals surface area contributed by atoms with Gasteiger partial charge in [0.2, 0.25) is 11.1 Å². The number of thioether (sulfide) groups is 1. The number of carbonyl (C=O) groups is 1. The zero-order valence-corrected chi connectivity index (χ0v) is 17.1. The van der Waals surface area contributed by atoms with Crippen molar-refractivity contribution in [2.24, 2.45) is 0 Å². The number of nitrogen functional groups attached to an aromatic ring is 1. The van der Waals surface area contributed by atoms with Crippen LogP contribution in [-0.2, 0) is 11.3 Å². The van der Waals surface area contributed by atoms with E-state index in [2.05, 4.69) is 20.8 Å². The first-order valence-corrected chi connectivity index (χ1v) is 10.1. The quantitative estimate of drug-likeness (QED) is 0.366. The Balaban J connectivity index is 1.49. The molecule has 1 atom stereocenters. The topological polar surface area (TPSA) is 107 Å². The molecule has 9 heteroatoms. The lowest BCUT2D eigenvalue weighted by Gasteiger charge is -2.13. The number of carbonyl (C=O) groups excluding carboxylic acids is 1. The van der Waals surface area contributed by atoms with Crippen LogP contribution in [0.3, 0.4) is 0 Å². The highest BCUT2D eigenvalue weighted by atomic mass is 32.2. The number of nitrogens with two attached hydrogens (primary N) is 1. The number of rotatable bonds is 9. The molecule has 0 radical (unpaired) electrons. The van der Waals surface area contributed by atoms with Crippen molar-refractivity contribution in [1.82, 2.24) is 20.2 Å². The number of nitrogens with one attached hydrogen (secondary N) is 2. The summed E-state index contributed by atoms with van der Waals surface area (Å²) in [6, 6.07) is 17.3. The molecule has 0 aliphatic carbocycles. The standard InChI is InChI=1S/C20H24N6O2S/c1-14(15-6-4-3-5-7-15)23-19(27)13-29-20-25-24-18(26(20)21)12-22-16-8-10-17(28-2)11-9-16/h3-11,14,22H,12-13,21H2,1-2H3,(H,23,27). The second-order valence-corrected chi connectivity index (χ2v) is 7.28. The fourth-order valence-electron chi connectivity index (χ4n) is 2.65. The lowest BCUT2D eigenvalue weighted by Crippen LogP contribution is -2.28. The summed E-state index contributed by atoms with van der Waals surface area (Å²) < 4.78 is 6.54. The molecule has 4 N–H and O–H groups in total. The lowest BCUT2D eigenvalue weighted by molar-refractivity contribution is -0.119. The van der Waals surface area contributed by atoms with Crippen LogP contribution < -0.4 is 21.2 Å². The van der Waals surface area contributed by atoms with Crippen LogP contribution in [0, 0.1) is 0 Å². The summed E-state index contributed by atoms with van der Waals surface area (Å²) in [4.78, 5) is 12.2. The Kier molecular flexibility index (Phi) is 6.96. The summed E-state index contributed by atoms with van der Waals surface area (Å²) in [5.74, 6) is 7.55. The van der Waals surface area contributed by atoms with Gasteiger partial charge in [0, 0.05) is 5.69 Å². The summed E-state index contributed by atoms with van der Waals surface area (Å²) >= 11 is 1.25. The van der Waals surface area contributed by atoms with Gasteiger partial charge >= 0.3 is 0 Å². The Labute approximate surface area is 173 Å². The molecule has 8 nitrogen and oxygen atoms in total. The van der Waals surface area contributed by atoms with E-state index >= 15 is 0 Å². The van der Waals surface area contributed by atoms with Crippen molar-refractivity contribution >= 4 is 23.4 Å². The van der Waals surface area contributed by atoms with Gasteiger partial charge in [-0.3, -0.25) is 4.79 Å². The van der Waals surface area contributed by atoms with Crippen molar-refractivity contribution in [3.05, 3.63) is 66.0 Å². The van der Waals surface area contributed by atoms with Gasteiger partial charge in [0.25, 0.3) is 0 Å². The number of benzene rings is 2. The van der Waals surface area contributed by atoms with E-state index in [1.807, 2.05) is 61.5 Å². The highest BCUT2D eigenvalue weighted by Gasteiger charge is 2.14. The van der Waals surface area contributed by atoms with Crippen molar-refractivity contribution in [2.75, 3.05) is 24.0 Å². The van der Waals surface area contributed by atoms with Crippen LogP contribution in [0.2, 0.25) is 0 Å². The van der Waals surface area contributed by atoms with E-state index in [0.717, 1.165) is 17.0 Å². The molecule has 1 heterocycles. The van der Waals surface area contributed by atoms with Crippen LogP contribution in [-0.4, -0.2) is 33.6 Å². The van der Waals surface area contributed by atoms with Crippen LogP contribution in [0.15, 0.2) is 59.8 Å². The van der Waals surface area contributed by atoms with Crippen molar-refractivity contribution < 1.29 is 9.53 Å². The Bertz CT molecular complexity index is 930. The van der Waals surface area contributed by atoms with E-state index in [1.165, 1.54) is 16.4 Å². The smallest absolute Gasteiger partial charge is 0.230 e. The molecule has 3 aromatic rings. The molecule has 1 unspecified atom stereocenters.